The van der Waals surface area contributed by atoms with Crippen molar-refractivity contribution in [2.24, 2.45) is 17.8 Å². The van der Waals surface area contributed by atoms with Gasteiger partial charge in [-0.2, -0.15) is 0 Å². The Balaban J connectivity index is 1.94. The lowest BCUT2D eigenvalue weighted by molar-refractivity contribution is 0.457. The topological polar surface area (TPSA) is 0 Å². The van der Waals surface area contributed by atoms with Crippen LogP contribution in [0.3, 0.4) is 0 Å². The van der Waals surface area contributed by atoms with Crippen molar-refractivity contribution in [1.82, 2.24) is 0 Å². The SMILES string of the molecule is C[CH]C1CC2CCCC2C1. The number of hydrogen-bond acceptors (Lipinski definition) is 0. The van der Waals surface area contributed by atoms with Gasteiger partial charge in [-0.25, -0.2) is 0 Å². The molecule has 2 fully saturated rings. The first kappa shape index (κ1) is 6.69. The predicted molar refractivity (Wildman–Crippen MR) is 43.5 cm³/mol. The first-order valence-corrected chi connectivity index (χ1v) is 4.69. The summed E-state index contributed by atoms with van der Waals surface area (Å²) in [7, 11) is 0. The van der Waals surface area contributed by atoms with Crippen molar-refractivity contribution in [2.45, 2.75) is 39.0 Å². The normalized spacial score (nSPS) is 45.9. The van der Waals surface area contributed by atoms with Gasteiger partial charge >= 0.3 is 0 Å². The van der Waals surface area contributed by atoms with Gasteiger partial charge in [0.05, 0.1) is 0 Å². The van der Waals surface area contributed by atoms with Gasteiger partial charge in [-0.15, -0.1) is 0 Å². The van der Waals surface area contributed by atoms with Crippen molar-refractivity contribution in [1.29, 1.82) is 0 Å². The molecule has 0 aromatic carbocycles. The molecule has 0 aromatic heterocycles. The second kappa shape index (κ2) is 2.56. The van der Waals surface area contributed by atoms with Crippen molar-refractivity contribution >= 4 is 0 Å². The molecule has 0 heteroatoms. The Morgan fingerprint density at radius 2 is 1.70 bits per heavy atom. The summed E-state index contributed by atoms with van der Waals surface area (Å²) < 4.78 is 0. The summed E-state index contributed by atoms with van der Waals surface area (Å²) in [4.78, 5) is 0. The molecule has 0 bridgehead atoms. The van der Waals surface area contributed by atoms with E-state index in [0.717, 1.165) is 17.8 Å². The first-order valence-electron chi connectivity index (χ1n) is 4.69. The molecule has 0 nitrogen and oxygen atoms in total. The molecule has 2 aliphatic rings. The third-order valence-corrected chi connectivity index (χ3v) is 3.50. The minimum Gasteiger partial charge on any atom is -0.0620 e. The van der Waals surface area contributed by atoms with Crippen LogP contribution in [0.15, 0.2) is 0 Å². The van der Waals surface area contributed by atoms with Gasteiger partial charge < -0.3 is 0 Å². The van der Waals surface area contributed by atoms with Crippen LogP contribution in [0.25, 0.3) is 0 Å². The lowest BCUT2D eigenvalue weighted by Crippen LogP contribution is -1.95. The summed E-state index contributed by atoms with van der Waals surface area (Å²) in [6.07, 6.45) is 10.0. The molecule has 2 saturated carbocycles. The number of hydrogen-bond donors (Lipinski definition) is 0. The van der Waals surface area contributed by atoms with E-state index < -0.39 is 0 Å². The summed E-state index contributed by atoms with van der Waals surface area (Å²) in [5, 5.41) is 0. The summed E-state index contributed by atoms with van der Waals surface area (Å²) in [6, 6.07) is 0. The van der Waals surface area contributed by atoms with Crippen molar-refractivity contribution in [2.75, 3.05) is 0 Å². The predicted octanol–water partition coefficient (Wildman–Crippen LogP) is 3.04. The maximum atomic E-state index is 2.42. The Hall–Kier alpha value is 0. The summed E-state index contributed by atoms with van der Waals surface area (Å²) in [6.45, 7) is 2.23. The molecule has 57 valence electrons. The van der Waals surface area contributed by atoms with E-state index in [4.69, 9.17) is 0 Å². The van der Waals surface area contributed by atoms with Gasteiger partial charge in [0, 0.05) is 0 Å². The standard InChI is InChI=1S/C10H17/c1-2-8-6-9-4-3-5-10(9)7-8/h2,8-10H,3-7H2,1H3. The van der Waals surface area contributed by atoms with Gasteiger partial charge in [0.2, 0.25) is 0 Å². The highest BCUT2D eigenvalue weighted by Crippen LogP contribution is 2.47. The van der Waals surface area contributed by atoms with E-state index in [1.807, 2.05) is 0 Å². The highest BCUT2D eigenvalue weighted by atomic mass is 14.4. The maximum absolute atomic E-state index is 2.42. The molecule has 0 amide bonds. The molecule has 2 aliphatic carbocycles. The van der Waals surface area contributed by atoms with Gasteiger partial charge in [-0.05, 0) is 37.0 Å². The molecule has 0 N–H and O–H groups in total. The molecule has 0 aliphatic heterocycles. The molecule has 0 saturated heterocycles. The minimum absolute atomic E-state index is 0.982. The molecular weight excluding hydrogens is 120 g/mol. The second-order valence-electron chi connectivity index (χ2n) is 4.02. The summed E-state index contributed by atoms with van der Waals surface area (Å²) in [5.74, 6) is 3.23. The van der Waals surface area contributed by atoms with E-state index in [-0.39, 0.29) is 0 Å². The largest absolute Gasteiger partial charge is 0.0620 e. The van der Waals surface area contributed by atoms with E-state index in [1.165, 1.54) is 32.1 Å². The van der Waals surface area contributed by atoms with E-state index in [0.29, 0.717) is 0 Å². The van der Waals surface area contributed by atoms with Gasteiger partial charge in [0.1, 0.15) is 0 Å². The Morgan fingerprint density at radius 1 is 1.10 bits per heavy atom. The van der Waals surface area contributed by atoms with Crippen molar-refractivity contribution < 1.29 is 0 Å². The molecule has 2 unspecified atom stereocenters. The molecule has 0 aromatic rings. The Bertz CT molecular complexity index is 105. The third-order valence-electron chi connectivity index (χ3n) is 3.50. The van der Waals surface area contributed by atoms with E-state index in [1.54, 1.807) is 0 Å². The van der Waals surface area contributed by atoms with Crippen LogP contribution in [0, 0.1) is 24.2 Å². The highest BCUT2D eigenvalue weighted by Gasteiger charge is 2.36. The molecule has 2 rings (SSSR count). The van der Waals surface area contributed by atoms with Crippen LogP contribution < -0.4 is 0 Å². The zero-order valence-electron chi connectivity index (χ0n) is 6.84. The molecule has 0 heterocycles. The minimum atomic E-state index is 0.982. The lowest BCUT2D eigenvalue weighted by Gasteiger charge is -2.04. The highest BCUT2D eigenvalue weighted by molar-refractivity contribution is 4.91. The zero-order valence-corrected chi connectivity index (χ0v) is 6.84. The average Bonchev–Trinajstić information content (AvgIpc) is 2.42. The fourth-order valence-electron chi connectivity index (χ4n) is 2.88. The summed E-state index contributed by atoms with van der Waals surface area (Å²) >= 11 is 0. The van der Waals surface area contributed by atoms with Crippen LogP contribution in [0.5, 0.6) is 0 Å². The third kappa shape index (κ3) is 0.980. The van der Waals surface area contributed by atoms with Gasteiger partial charge in [-0.3, -0.25) is 0 Å². The monoisotopic (exact) mass is 137 g/mol. The Labute approximate surface area is 64.0 Å². The number of fused-ring (bicyclic) bond motifs is 1. The van der Waals surface area contributed by atoms with Crippen LogP contribution in [-0.2, 0) is 0 Å². The van der Waals surface area contributed by atoms with Crippen molar-refractivity contribution in [3.8, 4) is 0 Å². The Kier molecular flexibility index (Phi) is 1.71. The van der Waals surface area contributed by atoms with Gasteiger partial charge in [-0.1, -0.05) is 26.2 Å². The fraction of sp³-hybridized carbons (Fsp3) is 0.900. The van der Waals surface area contributed by atoms with Crippen molar-refractivity contribution in [3.05, 3.63) is 6.42 Å². The lowest BCUT2D eigenvalue weighted by atomic mass is 10.0. The maximum Gasteiger partial charge on any atom is -0.0380 e. The molecular formula is C10H17. The Morgan fingerprint density at radius 3 is 2.20 bits per heavy atom. The van der Waals surface area contributed by atoms with E-state index in [9.17, 15) is 0 Å². The number of rotatable bonds is 1. The van der Waals surface area contributed by atoms with Crippen LogP contribution >= 0.6 is 0 Å². The van der Waals surface area contributed by atoms with Crippen LogP contribution in [-0.4, -0.2) is 0 Å². The van der Waals surface area contributed by atoms with Gasteiger partial charge in [0.15, 0.2) is 0 Å². The first-order chi connectivity index (χ1) is 4.90. The molecule has 2 atom stereocenters. The fourth-order valence-corrected chi connectivity index (χ4v) is 2.88. The van der Waals surface area contributed by atoms with Crippen LogP contribution in [0.4, 0.5) is 0 Å². The van der Waals surface area contributed by atoms with E-state index >= 15 is 0 Å². The van der Waals surface area contributed by atoms with Crippen LogP contribution in [0.2, 0.25) is 0 Å². The second-order valence-corrected chi connectivity index (χ2v) is 4.02. The van der Waals surface area contributed by atoms with Crippen molar-refractivity contribution in [3.63, 3.8) is 0 Å². The molecule has 0 spiro atoms. The van der Waals surface area contributed by atoms with E-state index in [2.05, 4.69) is 13.3 Å². The smallest absolute Gasteiger partial charge is 0.0380 e. The zero-order chi connectivity index (χ0) is 6.97. The summed E-state index contributed by atoms with van der Waals surface area (Å²) in [5.41, 5.74) is 0. The van der Waals surface area contributed by atoms with Crippen LogP contribution in [0.1, 0.15) is 39.0 Å². The quantitative estimate of drug-likeness (QED) is 0.521. The average molecular weight is 137 g/mol. The molecule has 1 radical (unpaired) electrons. The van der Waals surface area contributed by atoms with Gasteiger partial charge in [0.25, 0.3) is 0 Å². The molecule has 10 heavy (non-hydrogen) atoms.